The molecule has 7 heteroatoms. The number of carbonyl (C=O) groups is 1. The summed E-state index contributed by atoms with van der Waals surface area (Å²) in [6.45, 7) is 0.397. The molecule has 0 atom stereocenters. The maximum atomic E-state index is 12.2. The summed E-state index contributed by atoms with van der Waals surface area (Å²) in [7, 11) is 0. The van der Waals surface area contributed by atoms with Crippen molar-refractivity contribution in [3.8, 4) is 11.3 Å². The first-order valence-electron chi connectivity index (χ1n) is 6.58. The number of hydrogen-bond donors (Lipinski definition) is 2. The van der Waals surface area contributed by atoms with Crippen molar-refractivity contribution < 1.29 is 4.79 Å². The average molecular weight is 311 g/mol. The molecule has 0 aliphatic heterocycles. The topological polar surface area (TPSA) is 93.8 Å². The molecule has 0 saturated carbocycles. The van der Waals surface area contributed by atoms with Gasteiger partial charge in [-0.3, -0.25) is 14.8 Å². The van der Waals surface area contributed by atoms with Crippen LogP contribution in [0.3, 0.4) is 0 Å². The lowest BCUT2D eigenvalue weighted by atomic mass is 10.1. The molecule has 0 radical (unpaired) electrons. The maximum Gasteiger partial charge on any atom is 0.265 e. The Morgan fingerprint density at radius 2 is 2.00 bits per heavy atom. The Kier molecular flexibility index (Phi) is 4.06. The monoisotopic (exact) mass is 311 g/mol. The molecule has 6 nitrogen and oxygen atoms in total. The minimum atomic E-state index is -0.237. The number of nitrogens with two attached hydrogens (primary N) is 1. The average Bonchev–Trinajstić information content (AvgIpc) is 2.96. The zero-order valence-electron chi connectivity index (χ0n) is 11.6. The van der Waals surface area contributed by atoms with Crippen molar-refractivity contribution in [3.63, 3.8) is 0 Å². The second kappa shape index (κ2) is 6.31. The third-order valence-electron chi connectivity index (χ3n) is 3.06. The highest BCUT2D eigenvalue weighted by molar-refractivity contribution is 7.09. The SMILES string of the molecule is Nc1c(-c2ccncc2)nsc1C(=O)NCc1cccnc1. The van der Waals surface area contributed by atoms with Crippen LogP contribution in [0.1, 0.15) is 15.2 Å². The second-order valence-corrected chi connectivity index (χ2v) is 5.33. The van der Waals surface area contributed by atoms with E-state index in [2.05, 4.69) is 19.7 Å². The van der Waals surface area contributed by atoms with Gasteiger partial charge in [0.25, 0.3) is 5.91 Å². The molecule has 0 bridgehead atoms. The third-order valence-corrected chi connectivity index (χ3v) is 3.93. The van der Waals surface area contributed by atoms with Crippen molar-refractivity contribution in [2.45, 2.75) is 6.54 Å². The molecule has 0 aromatic carbocycles. The number of nitrogens with zero attached hydrogens (tertiary/aromatic N) is 3. The molecule has 0 fully saturated rings. The molecule has 3 aromatic rings. The highest BCUT2D eigenvalue weighted by Gasteiger charge is 2.18. The minimum absolute atomic E-state index is 0.237. The fourth-order valence-corrected chi connectivity index (χ4v) is 2.68. The molecule has 0 saturated heterocycles. The van der Waals surface area contributed by atoms with Gasteiger partial charge in [-0.15, -0.1) is 0 Å². The van der Waals surface area contributed by atoms with Gasteiger partial charge in [0, 0.05) is 36.9 Å². The van der Waals surface area contributed by atoms with E-state index >= 15 is 0 Å². The lowest BCUT2D eigenvalue weighted by Gasteiger charge is -2.04. The summed E-state index contributed by atoms with van der Waals surface area (Å²) in [6.07, 6.45) is 6.72. The van der Waals surface area contributed by atoms with Crippen LogP contribution in [0.2, 0.25) is 0 Å². The van der Waals surface area contributed by atoms with Gasteiger partial charge in [0.15, 0.2) is 0 Å². The summed E-state index contributed by atoms with van der Waals surface area (Å²) in [4.78, 5) is 20.6. The van der Waals surface area contributed by atoms with Crippen molar-refractivity contribution in [2.24, 2.45) is 0 Å². The first kappa shape index (κ1) is 14.2. The van der Waals surface area contributed by atoms with Crippen LogP contribution in [0.15, 0.2) is 49.1 Å². The lowest BCUT2D eigenvalue weighted by molar-refractivity contribution is 0.0956. The molecule has 3 rings (SSSR count). The molecule has 1 amide bonds. The summed E-state index contributed by atoms with van der Waals surface area (Å²) in [5, 5.41) is 2.82. The smallest absolute Gasteiger partial charge is 0.265 e. The van der Waals surface area contributed by atoms with Crippen LogP contribution in [-0.2, 0) is 6.54 Å². The zero-order valence-corrected chi connectivity index (χ0v) is 12.4. The van der Waals surface area contributed by atoms with Gasteiger partial charge in [0.2, 0.25) is 0 Å². The summed E-state index contributed by atoms with van der Waals surface area (Å²) < 4.78 is 4.28. The number of hydrogen-bond acceptors (Lipinski definition) is 6. The van der Waals surface area contributed by atoms with E-state index in [0.29, 0.717) is 22.8 Å². The number of amides is 1. The van der Waals surface area contributed by atoms with Crippen LogP contribution in [-0.4, -0.2) is 20.2 Å². The van der Waals surface area contributed by atoms with E-state index in [-0.39, 0.29) is 5.91 Å². The van der Waals surface area contributed by atoms with E-state index in [1.165, 1.54) is 0 Å². The Morgan fingerprint density at radius 1 is 1.18 bits per heavy atom. The molecule has 0 unspecified atom stereocenters. The van der Waals surface area contributed by atoms with Gasteiger partial charge in [-0.1, -0.05) is 6.07 Å². The molecule has 3 heterocycles. The van der Waals surface area contributed by atoms with Crippen molar-refractivity contribution in [2.75, 3.05) is 5.73 Å². The predicted octanol–water partition coefficient (Wildman–Crippen LogP) is 2.11. The van der Waals surface area contributed by atoms with Crippen LogP contribution < -0.4 is 11.1 Å². The summed E-state index contributed by atoms with van der Waals surface area (Å²) >= 11 is 1.09. The van der Waals surface area contributed by atoms with Crippen LogP contribution in [0.4, 0.5) is 5.69 Å². The van der Waals surface area contributed by atoms with Gasteiger partial charge in [-0.2, -0.15) is 4.37 Å². The Hall–Kier alpha value is -2.80. The fourth-order valence-electron chi connectivity index (χ4n) is 1.94. The molecule has 22 heavy (non-hydrogen) atoms. The molecular formula is C15H13N5OS. The van der Waals surface area contributed by atoms with E-state index in [4.69, 9.17) is 5.73 Å². The summed E-state index contributed by atoms with van der Waals surface area (Å²) in [6, 6.07) is 7.33. The number of nitrogens with one attached hydrogen (secondary N) is 1. The molecule has 3 N–H and O–H groups in total. The van der Waals surface area contributed by atoms with Crippen LogP contribution in [0.25, 0.3) is 11.3 Å². The van der Waals surface area contributed by atoms with Crippen molar-refractivity contribution in [1.82, 2.24) is 19.7 Å². The van der Waals surface area contributed by atoms with Gasteiger partial charge in [0.1, 0.15) is 10.6 Å². The molecule has 0 aliphatic rings. The van der Waals surface area contributed by atoms with Crippen LogP contribution in [0, 0.1) is 0 Å². The van der Waals surface area contributed by atoms with Gasteiger partial charge in [-0.05, 0) is 35.3 Å². The maximum absolute atomic E-state index is 12.2. The molecule has 0 spiro atoms. The first-order valence-corrected chi connectivity index (χ1v) is 7.35. The quantitative estimate of drug-likeness (QED) is 0.769. The van der Waals surface area contributed by atoms with E-state index < -0.39 is 0 Å². The number of carbonyl (C=O) groups excluding carboxylic acids is 1. The van der Waals surface area contributed by atoms with Gasteiger partial charge < -0.3 is 11.1 Å². The number of pyridine rings is 2. The van der Waals surface area contributed by atoms with Crippen molar-refractivity contribution in [1.29, 1.82) is 0 Å². The highest BCUT2D eigenvalue weighted by atomic mass is 32.1. The lowest BCUT2D eigenvalue weighted by Crippen LogP contribution is -2.22. The standard InChI is InChI=1S/C15H13N5OS/c16-12-13(11-3-6-17-7-4-11)20-22-14(12)15(21)19-9-10-2-1-5-18-8-10/h1-8H,9,16H2,(H,19,21). The van der Waals surface area contributed by atoms with E-state index in [9.17, 15) is 4.79 Å². The van der Waals surface area contributed by atoms with E-state index in [0.717, 1.165) is 22.7 Å². The molecular weight excluding hydrogens is 298 g/mol. The Balaban J connectivity index is 1.75. The van der Waals surface area contributed by atoms with Crippen LogP contribution in [0.5, 0.6) is 0 Å². The zero-order chi connectivity index (χ0) is 15.4. The molecule has 3 aromatic heterocycles. The summed E-state index contributed by atoms with van der Waals surface area (Å²) in [5.74, 6) is -0.237. The Morgan fingerprint density at radius 3 is 2.73 bits per heavy atom. The molecule has 0 aliphatic carbocycles. The van der Waals surface area contributed by atoms with Crippen LogP contribution >= 0.6 is 11.5 Å². The van der Waals surface area contributed by atoms with E-state index in [1.807, 2.05) is 24.3 Å². The predicted molar refractivity (Wildman–Crippen MR) is 85.2 cm³/mol. The summed E-state index contributed by atoms with van der Waals surface area (Å²) in [5.41, 5.74) is 8.83. The molecule has 110 valence electrons. The number of nitrogen functional groups attached to an aromatic ring is 1. The first-order chi connectivity index (χ1) is 10.8. The van der Waals surface area contributed by atoms with Crippen molar-refractivity contribution in [3.05, 3.63) is 59.5 Å². The number of aromatic nitrogens is 3. The van der Waals surface area contributed by atoms with Gasteiger partial charge in [-0.25, -0.2) is 0 Å². The van der Waals surface area contributed by atoms with Gasteiger partial charge >= 0.3 is 0 Å². The van der Waals surface area contributed by atoms with Crippen molar-refractivity contribution >= 4 is 23.1 Å². The normalized spacial score (nSPS) is 10.4. The second-order valence-electron chi connectivity index (χ2n) is 4.55. The van der Waals surface area contributed by atoms with E-state index in [1.54, 1.807) is 24.8 Å². The van der Waals surface area contributed by atoms with Gasteiger partial charge in [0.05, 0.1) is 5.69 Å². The number of rotatable bonds is 4. The third kappa shape index (κ3) is 2.94. The largest absolute Gasteiger partial charge is 0.396 e. The highest BCUT2D eigenvalue weighted by Crippen LogP contribution is 2.30. The fraction of sp³-hybridized carbons (Fsp3) is 0.0667. The Labute approximate surface area is 131 Å². The Bertz CT molecular complexity index is 773. The number of anilines is 1. The minimum Gasteiger partial charge on any atom is -0.396 e.